The molecule has 0 heterocycles. The van der Waals surface area contributed by atoms with Crippen LogP contribution in [0.4, 0.5) is 0 Å². The first-order valence-corrected chi connectivity index (χ1v) is 7.07. The SMILES string of the molecule is CC/N=C\NC1CCCCCC(C)CCC1. The lowest BCUT2D eigenvalue weighted by Crippen LogP contribution is -2.28. The minimum absolute atomic E-state index is 0.667. The average Bonchev–Trinajstić information content (AvgIpc) is 2.28. The van der Waals surface area contributed by atoms with Crippen LogP contribution in [0.3, 0.4) is 0 Å². The third kappa shape index (κ3) is 6.14. The van der Waals surface area contributed by atoms with Gasteiger partial charge in [0.05, 0.1) is 6.34 Å². The Bertz CT molecular complexity index is 189. The van der Waals surface area contributed by atoms with E-state index >= 15 is 0 Å². The van der Waals surface area contributed by atoms with Gasteiger partial charge in [-0.2, -0.15) is 0 Å². The molecule has 16 heavy (non-hydrogen) atoms. The van der Waals surface area contributed by atoms with Crippen molar-refractivity contribution in [3.05, 3.63) is 0 Å². The maximum Gasteiger partial charge on any atom is 0.0825 e. The van der Waals surface area contributed by atoms with Crippen LogP contribution in [0.2, 0.25) is 0 Å². The molecule has 1 saturated carbocycles. The van der Waals surface area contributed by atoms with Crippen LogP contribution in [-0.4, -0.2) is 18.9 Å². The van der Waals surface area contributed by atoms with Crippen LogP contribution in [0.25, 0.3) is 0 Å². The summed E-state index contributed by atoms with van der Waals surface area (Å²) in [6.45, 7) is 5.37. The van der Waals surface area contributed by atoms with Crippen molar-refractivity contribution in [2.24, 2.45) is 10.9 Å². The predicted octanol–water partition coefficient (Wildman–Crippen LogP) is 3.76. The molecule has 0 aliphatic heterocycles. The van der Waals surface area contributed by atoms with E-state index in [1.807, 2.05) is 6.34 Å². The van der Waals surface area contributed by atoms with E-state index in [2.05, 4.69) is 24.2 Å². The monoisotopic (exact) mass is 224 g/mol. The molecule has 2 unspecified atom stereocenters. The second kappa shape index (κ2) is 8.60. The first kappa shape index (κ1) is 13.5. The molecule has 0 radical (unpaired) electrons. The Balaban J connectivity index is 2.28. The van der Waals surface area contributed by atoms with Gasteiger partial charge in [-0.25, -0.2) is 0 Å². The minimum atomic E-state index is 0.667. The van der Waals surface area contributed by atoms with Gasteiger partial charge in [0, 0.05) is 12.6 Å². The van der Waals surface area contributed by atoms with Gasteiger partial charge in [0.1, 0.15) is 0 Å². The number of nitrogens with one attached hydrogen (secondary N) is 1. The van der Waals surface area contributed by atoms with Crippen molar-refractivity contribution in [3.63, 3.8) is 0 Å². The fourth-order valence-corrected chi connectivity index (χ4v) is 2.48. The highest BCUT2D eigenvalue weighted by Crippen LogP contribution is 2.20. The lowest BCUT2D eigenvalue weighted by atomic mass is 9.92. The van der Waals surface area contributed by atoms with E-state index in [1.165, 1.54) is 51.4 Å². The van der Waals surface area contributed by atoms with Crippen LogP contribution in [-0.2, 0) is 0 Å². The lowest BCUT2D eigenvalue weighted by molar-refractivity contribution is 0.384. The molecule has 0 spiro atoms. The molecule has 1 rings (SSSR count). The Hall–Kier alpha value is -0.530. The largest absolute Gasteiger partial charge is 0.374 e. The smallest absolute Gasteiger partial charge is 0.0825 e. The quantitative estimate of drug-likeness (QED) is 0.573. The van der Waals surface area contributed by atoms with Gasteiger partial charge in [0.15, 0.2) is 0 Å². The fraction of sp³-hybridized carbons (Fsp3) is 0.929. The second-order valence-corrected chi connectivity index (χ2v) is 5.17. The van der Waals surface area contributed by atoms with Crippen LogP contribution < -0.4 is 5.32 Å². The third-order valence-corrected chi connectivity index (χ3v) is 3.58. The molecule has 1 aliphatic rings. The lowest BCUT2D eigenvalue weighted by Gasteiger charge is -2.20. The zero-order valence-corrected chi connectivity index (χ0v) is 11.0. The summed E-state index contributed by atoms with van der Waals surface area (Å²) in [5.74, 6) is 0.933. The van der Waals surface area contributed by atoms with Crippen molar-refractivity contribution in [3.8, 4) is 0 Å². The number of rotatable bonds is 3. The van der Waals surface area contributed by atoms with E-state index < -0.39 is 0 Å². The molecule has 0 amide bonds. The Morgan fingerprint density at radius 1 is 1.06 bits per heavy atom. The highest BCUT2D eigenvalue weighted by atomic mass is 15.0. The highest BCUT2D eigenvalue weighted by Gasteiger charge is 2.10. The van der Waals surface area contributed by atoms with Crippen molar-refractivity contribution < 1.29 is 0 Å². The van der Waals surface area contributed by atoms with Crippen molar-refractivity contribution in [2.45, 2.75) is 71.3 Å². The fourth-order valence-electron chi connectivity index (χ4n) is 2.48. The molecule has 0 aromatic heterocycles. The normalized spacial score (nSPS) is 29.1. The first-order valence-electron chi connectivity index (χ1n) is 7.07. The molecule has 2 atom stereocenters. The molecule has 2 nitrogen and oxygen atoms in total. The molecule has 1 fully saturated rings. The Morgan fingerprint density at radius 3 is 2.56 bits per heavy atom. The maximum atomic E-state index is 4.24. The molecular weight excluding hydrogens is 196 g/mol. The maximum absolute atomic E-state index is 4.24. The van der Waals surface area contributed by atoms with Crippen LogP contribution in [0.15, 0.2) is 4.99 Å². The minimum Gasteiger partial charge on any atom is -0.374 e. The summed E-state index contributed by atoms with van der Waals surface area (Å²) in [6, 6.07) is 0.667. The zero-order valence-electron chi connectivity index (χ0n) is 11.0. The van der Waals surface area contributed by atoms with Gasteiger partial charge >= 0.3 is 0 Å². The summed E-state index contributed by atoms with van der Waals surface area (Å²) in [4.78, 5) is 4.24. The molecule has 0 aromatic carbocycles. The molecule has 1 N–H and O–H groups in total. The zero-order chi connectivity index (χ0) is 11.6. The van der Waals surface area contributed by atoms with E-state index in [1.54, 1.807) is 0 Å². The van der Waals surface area contributed by atoms with Crippen LogP contribution in [0.1, 0.15) is 65.2 Å². The summed E-state index contributed by atoms with van der Waals surface area (Å²) >= 11 is 0. The standard InChI is InChI=1S/C14H28N2/c1-3-15-12-16-14-10-6-4-5-8-13(2)9-7-11-14/h12-14H,3-11H2,1-2H3,(H,15,16). The van der Waals surface area contributed by atoms with Gasteiger partial charge in [0.2, 0.25) is 0 Å². The van der Waals surface area contributed by atoms with Gasteiger partial charge in [-0.3, -0.25) is 4.99 Å². The average molecular weight is 224 g/mol. The predicted molar refractivity (Wildman–Crippen MR) is 72.1 cm³/mol. The molecule has 2 heteroatoms. The van der Waals surface area contributed by atoms with Gasteiger partial charge in [-0.15, -0.1) is 0 Å². The summed E-state index contributed by atoms with van der Waals surface area (Å²) in [5.41, 5.74) is 0. The third-order valence-electron chi connectivity index (χ3n) is 3.58. The molecule has 0 saturated heterocycles. The number of hydrogen-bond donors (Lipinski definition) is 1. The number of nitrogens with zero attached hydrogens (tertiary/aromatic N) is 1. The summed E-state index contributed by atoms with van der Waals surface area (Å²) < 4.78 is 0. The summed E-state index contributed by atoms with van der Waals surface area (Å²) in [5, 5.41) is 3.46. The van der Waals surface area contributed by atoms with Gasteiger partial charge in [-0.05, 0) is 25.7 Å². The topological polar surface area (TPSA) is 24.4 Å². The van der Waals surface area contributed by atoms with E-state index in [4.69, 9.17) is 0 Å². The van der Waals surface area contributed by atoms with Crippen molar-refractivity contribution in [1.29, 1.82) is 0 Å². The van der Waals surface area contributed by atoms with Crippen LogP contribution in [0, 0.1) is 5.92 Å². The molecule has 0 aromatic rings. The molecule has 1 aliphatic carbocycles. The van der Waals surface area contributed by atoms with E-state index in [-0.39, 0.29) is 0 Å². The molecule has 0 bridgehead atoms. The number of hydrogen-bond acceptors (Lipinski definition) is 1. The van der Waals surface area contributed by atoms with E-state index in [0.29, 0.717) is 6.04 Å². The Labute approximate surface area is 101 Å². The van der Waals surface area contributed by atoms with Crippen molar-refractivity contribution >= 4 is 6.34 Å². The van der Waals surface area contributed by atoms with Gasteiger partial charge in [0.25, 0.3) is 0 Å². The summed E-state index contributed by atoms with van der Waals surface area (Å²) in [7, 11) is 0. The second-order valence-electron chi connectivity index (χ2n) is 5.17. The number of aliphatic imine (C=N–C) groups is 1. The van der Waals surface area contributed by atoms with Gasteiger partial charge in [-0.1, -0.05) is 45.4 Å². The Kier molecular flexibility index (Phi) is 7.28. The first-order chi connectivity index (χ1) is 7.83. The van der Waals surface area contributed by atoms with E-state index in [9.17, 15) is 0 Å². The van der Waals surface area contributed by atoms with Gasteiger partial charge < -0.3 is 5.32 Å². The van der Waals surface area contributed by atoms with Crippen molar-refractivity contribution in [1.82, 2.24) is 5.32 Å². The summed E-state index contributed by atoms with van der Waals surface area (Å²) in [6.07, 6.45) is 13.0. The highest BCUT2D eigenvalue weighted by molar-refractivity contribution is 5.54. The van der Waals surface area contributed by atoms with E-state index in [0.717, 1.165) is 12.5 Å². The Morgan fingerprint density at radius 2 is 1.75 bits per heavy atom. The molecule has 94 valence electrons. The van der Waals surface area contributed by atoms with Crippen molar-refractivity contribution in [2.75, 3.05) is 6.54 Å². The molecular formula is C14H28N2. The van der Waals surface area contributed by atoms with Crippen LogP contribution in [0.5, 0.6) is 0 Å². The van der Waals surface area contributed by atoms with Crippen LogP contribution >= 0.6 is 0 Å².